The molecule has 36 heavy (non-hydrogen) atoms. The Labute approximate surface area is 218 Å². The molecule has 0 bridgehead atoms. The van der Waals surface area contributed by atoms with E-state index in [1.165, 1.54) is 0 Å². The quantitative estimate of drug-likeness (QED) is 0.334. The summed E-state index contributed by atoms with van der Waals surface area (Å²) in [5.41, 5.74) is 1.23. The molecule has 0 fully saturated rings. The van der Waals surface area contributed by atoms with Crippen LogP contribution in [-0.4, -0.2) is 47.0 Å². The van der Waals surface area contributed by atoms with Crippen LogP contribution < -0.4 is 10.6 Å². The summed E-state index contributed by atoms with van der Waals surface area (Å²) < 4.78 is 5.43. The fourth-order valence-electron chi connectivity index (χ4n) is 3.97. The van der Waals surface area contributed by atoms with Crippen LogP contribution in [0.1, 0.15) is 105 Å². The standard InChI is InChI=1S/C29H49N3O4/c1-10-12-13-14-19-32(27(34)24(20(3)4)31-28(35)36-29(7,8)9)25(26(33)30-21(5)6)23-17-15-22(11-2)16-18-23/h15-18,20-21,24-25H,10-14,19H2,1-9H3,(H,30,33)(H,31,35). The Bertz CT molecular complexity index is 828. The van der Waals surface area contributed by atoms with Crippen molar-refractivity contribution in [1.82, 2.24) is 15.5 Å². The smallest absolute Gasteiger partial charge is 0.408 e. The first-order valence-corrected chi connectivity index (χ1v) is 13.5. The molecule has 0 saturated carbocycles. The molecule has 1 rings (SSSR count). The SMILES string of the molecule is CCCCCCN(C(=O)C(NC(=O)OC(C)(C)C)C(C)C)C(C(=O)NC(C)C)c1ccc(CC)cc1. The summed E-state index contributed by atoms with van der Waals surface area (Å²) in [6.07, 6.45) is 4.10. The lowest BCUT2D eigenvalue weighted by molar-refractivity contribution is -0.143. The van der Waals surface area contributed by atoms with Crippen molar-refractivity contribution in [1.29, 1.82) is 0 Å². The Kier molecular flexibility index (Phi) is 13.0. The molecule has 2 unspecified atom stereocenters. The number of nitrogens with one attached hydrogen (secondary N) is 2. The molecule has 3 amide bonds. The number of hydrogen-bond donors (Lipinski definition) is 2. The molecule has 1 aromatic carbocycles. The lowest BCUT2D eigenvalue weighted by Crippen LogP contribution is -2.55. The number of carbonyl (C=O) groups is 3. The Balaban J connectivity index is 3.45. The van der Waals surface area contributed by atoms with Crippen molar-refractivity contribution >= 4 is 17.9 Å². The topological polar surface area (TPSA) is 87.7 Å². The molecule has 0 saturated heterocycles. The summed E-state index contributed by atoms with van der Waals surface area (Å²) >= 11 is 0. The van der Waals surface area contributed by atoms with E-state index in [0.717, 1.165) is 43.2 Å². The van der Waals surface area contributed by atoms with Crippen LogP contribution in [0.25, 0.3) is 0 Å². The minimum atomic E-state index is -0.824. The molecular formula is C29H49N3O4. The van der Waals surface area contributed by atoms with E-state index in [9.17, 15) is 14.4 Å². The Morgan fingerprint density at radius 3 is 2.00 bits per heavy atom. The van der Waals surface area contributed by atoms with E-state index in [0.29, 0.717) is 6.54 Å². The number of carbonyl (C=O) groups excluding carboxylic acids is 3. The van der Waals surface area contributed by atoms with Gasteiger partial charge in [-0.3, -0.25) is 9.59 Å². The fourth-order valence-corrected chi connectivity index (χ4v) is 3.97. The van der Waals surface area contributed by atoms with Gasteiger partial charge < -0.3 is 20.3 Å². The molecule has 7 heteroatoms. The van der Waals surface area contributed by atoms with Gasteiger partial charge in [0.15, 0.2) is 0 Å². The maximum Gasteiger partial charge on any atom is 0.408 e. The summed E-state index contributed by atoms with van der Waals surface area (Å²) in [5.74, 6) is -0.701. The van der Waals surface area contributed by atoms with Crippen molar-refractivity contribution in [2.24, 2.45) is 5.92 Å². The average Bonchev–Trinajstić information content (AvgIpc) is 2.77. The van der Waals surface area contributed by atoms with Gasteiger partial charge >= 0.3 is 6.09 Å². The first-order chi connectivity index (χ1) is 16.8. The highest BCUT2D eigenvalue weighted by Gasteiger charge is 2.37. The summed E-state index contributed by atoms with van der Waals surface area (Å²) in [4.78, 5) is 41.8. The van der Waals surface area contributed by atoms with Crippen molar-refractivity contribution in [3.05, 3.63) is 35.4 Å². The zero-order valence-electron chi connectivity index (χ0n) is 23.9. The second kappa shape index (κ2) is 14.9. The van der Waals surface area contributed by atoms with Crippen LogP contribution in [0.15, 0.2) is 24.3 Å². The van der Waals surface area contributed by atoms with Gasteiger partial charge in [-0.25, -0.2) is 4.79 Å². The number of benzene rings is 1. The molecule has 0 radical (unpaired) electrons. The van der Waals surface area contributed by atoms with Gasteiger partial charge in [-0.1, -0.05) is 71.2 Å². The number of unbranched alkanes of at least 4 members (excludes halogenated alkanes) is 3. The largest absolute Gasteiger partial charge is 0.444 e. The lowest BCUT2D eigenvalue weighted by Gasteiger charge is -2.36. The molecule has 0 aliphatic rings. The van der Waals surface area contributed by atoms with Crippen LogP contribution in [-0.2, 0) is 20.7 Å². The van der Waals surface area contributed by atoms with Crippen LogP contribution in [0.4, 0.5) is 4.79 Å². The van der Waals surface area contributed by atoms with E-state index in [1.54, 1.807) is 25.7 Å². The third-order valence-electron chi connectivity index (χ3n) is 5.84. The first kappa shape index (κ1) is 31.5. The van der Waals surface area contributed by atoms with Crippen LogP contribution in [0.5, 0.6) is 0 Å². The van der Waals surface area contributed by atoms with E-state index in [-0.39, 0.29) is 23.8 Å². The number of alkyl carbamates (subject to hydrolysis) is 1. The molecule has 0 heterocycles. The lowest BCUT2D eigenvalue weighted by atomic mass is 9.97. The molecule has 7 nitrogen and oxygen atoms in total. The average molecular weight is 504 g/mol. The van der Waals surface area contributed by atoms with Crippen molar-refractivity contribution in [3.63, 3.8) is 0 Å². The highest BCUT2D eigenvalue weighted by atomic mass is 16.6. The van der Waals surface area contributed by atoms with Crippen LogP contribution >= 0.6 is 0 Å². The highest BCUT2D eigenvalue weighted by molar-refractivity contribution is 5.92. The minimum absolute atomic E-state index is 0.0762. The molecule has 204 valence electrons. The molecule has 0 aliphatic carbocycles. The van der Waals surface area contributed by atoms with Crippen LogP contribution in [0.3, 0.4) is 0 Å². The number of hydrogen-bond acceptors (Lipinski definition) is 4. The number of amides is 3. The van der Waals surface area contributed by atoms with Crippen LogP contribution in [0.2, 0.25) is 0 Å². The summed E-state index contributed by atoms with van der Waals surface area (Å²) in [6.45, 7) is 17.6. The molecular weight excluding hydrogens is 454 g/mol. The van der Waals surface area contributed by atoms with Crippen molar-refractivity contribution < 1.29 is 19.1 Å². The second-order valence-electron chi connectivity index (χ2n) is 11.1. The van der Waals surface area contributed by atoms with Gasteiger partial charge in [0.1, 0.15) is 17.7 Å². The van der Waals surface area contributed by atoms with Gasteiger partial charge in [0, 0.05) is 12.6 Å². The number of rotatable bonds is 13. The van der Waals surface area contributed by atoms with Gasteiger partial charge in [-0.15, -0.1) is 0 Å². The first-order valence-electron chi connectivity index (χ1n) is 13.5. The molecule has 0 aromatic heterocycles. The fraction of sp³-hybridized carbons (Fsp3) is 0.690. The van der Waals surface area contributed by atoms with Gasteiger partial charge in [0.25, 0.3) is 0 Å². The molecule has 0 aliphatic heterocycles. The monoisotopic (exact) mass is 503 g/mol. The molecule has 0 spiro atoms. The predicted molar refractivity (Wildman–Crippen MR) is 146 cm³/mol. The summed E-state index contributed by atoms with van der Waals surface area (Å²) in [6, 6.07) is 6.17. The van der Waals surface area contributed by atoms with E-state index >= 15 is 0 Å². The van der Waals surface area contributed by atoms with E-state index in [1.807, 2.05) is 52.0 Å². The number of nitrogens with zero attached hydrogens (tertiary/aromatic N) is 1. The number of aryl methyl sites for hydroxylation is 1. The third-order valence-corrected chi connectivity index (χ3v) is 5.84. The van der Waals surface area contributed by atoms with Crippen molar-refractivity contribution in [3.8, 4) is 0 Å². The van der Waals surface area contributed by atoms with Gasteiger partial charge in [-0.2, -0.15) is 0 Å². The van der Waals surface area contributed by atoms with Gasteiger partial charge in [-0.05, 0) is 64.5 Å². The normalized spacial score (nSPS) is 13.3. The summed E-state index contributed by atoms with van der Waals surface area (Å²) in [7, 11) is 0. The predicted octanol–water partition coefficient (Wildman–Crippen LogP) is 5.77. The third kappa shape index (κ3) is 10.6. The Hall–Kier alpha value is -2.57. The minimum Gasteiger partial charge on any atom is -0.444 e. The Morgan fingerprint density at radius 2 is 1.53 bits per heavy atom. The second-order valence-corrected chi connectivity index (χ2v) is 11.1. The maximum atomic E-state index is 14.1. The molecule has 1 aromatic rings. The van der Waals surface area contributed by atoms with E-state index in [2.05, 4.69) is 24.5 Å². The van der Waals surface area contributed by atoms with Crippen LogP contribution in [0, 0.1) is 5.92 Å². The van der Waals surface area contributed by atoms with Gasteiger partial charge in [0.05, 0.1) is 0 Å². The van der Waals surface area contributed by atoms with E-state index < -0.39 is 23.8 Å². The Morgan fingerprint density at radius 1 is 0.917 bits per heavy atom. The summed E-state index contributed by atoms with van der Waals surface area (Å²) in [5, 5.41) is 5.78. The zero-order valence-corrected chi connectivity index (χ0v) is 23.9. The number of ether oxygens (including phenoxy) is 1. The van der Waals surface area contributed by atoms with Crippen molar-refractivity contribution in [2.75, 3.05) is 6.54 Å². The highest BCUT2D eigenvalue weighted by Crippen LogP contribution is 2.25. The maximum absolute atomic E-state index is 14.1. The van der Waals surface area contributed by atoms with Crippen molar-refractivity contribution in [2.45, 2.75) is 118 Å². The molecule has 2 atom stereocenters. The van der Waals surface area contributed by atoms with E-state index in [4.69, 9.17) is 4.74 Å². The molecule has 2 N–H and O–H groups in total. The van der Waals surface area contributed by atoms with Gasteiger partial charge in [0.2, 0.25) is 11.8 Å². The zero-order chi connectivity index (χ0) is 27.5.